The molecule has 0 aliphatic rings. The molecule has 6 nitrogen and oxygen atoms in total. The summed E-state index contributed by atoms with van der Waals surface area (Å²) in [5.41, 5.74) is 0. The minimum Gasteiger partial charge on any atom is -0.490 e. The Balaban J connectivity index is 1.79. The van der Waals surface area contributed by atoms with Crippen LogP contribution in [0.25, 0.3) is 0 Å². The maximum Gasteiger partial charge on any atom is 0.324 e. The lowest BCUT2D eigenvalue weighted by atomic mass is 10.3. The molecule has 0 unspecified atom stereocenters. The van der Waals surface area contributed by atoms with E-state index in [9.17, 15) is 17.6 Å². The summed E-state index contributed by atoms with van der Waals surface area (Å²) in [5, 5.41) is 0.401. The second-order valence-corrected chi connectivity index (χ2v) is 7.42. The van der Waals surface area contributed by atoms with Gasteiger partial charge < -0.3 is 9.47 Å². The van der Waals surface area contributed by atoms with Gasteiger partial charge in [0.2, 0.25) is 10.0 Å². The van der Waals surface area contributed by atoms with Gasteiger partial charge in [0, 0.05) is 5.02 Å². The van der Waals surface area contributed by atoms with Crippen LogP contribution in [0.1, 0.15) is 6.92 Å². The van der Waals surface area contributed by atoms with Gasteiger partial charge in [0.1, 0.15) is 30.8 Å². The smallest absolute Gasteiger partial charge is 0.324 e. The lowest BCUT2D eigenvalue weighted by molar-refractivity contribution is -0.145. The maximum absolute atomic E-state index is 12.8. The quantitative estimate of drug-likeness (QED) is 0.543. The number of carbonyl (C=O) groups is 1. The van der Waals surface area contributed by atoms with Gasteiger partial charge in [-0.3, -0.25) is 4.79 Å². The van der Waals surface area contributed by atoms with Crippen molar-refractivity contribution >= 4 is 27.6 Å². The Kier molecular flexibility index (Phi) is 6.96. The van der Waals surface area contributed by atoms with Gasteiger partial charge in [-0.25, -0.2) is 12.8 Å². The highest BCUT2D eigenvalue weighted by Gasteiger charge is 2.23. The molecule has 0 heterocycles. The van der Waals surface area contributed by atoms with E-state index in [1.165, 1.54) is 55.5 Å². The van der Waals surface area contributed by atoms with E-state index in [0.717, 1.165) is 0 Å². The molecule has 2 rings (SSSR count). The summed E-state index contributed by atoms with van der Waals surface area (Å²) in [4.78, 5) is 11.9. The first kappa shape index (κ1) is 20.2. The van der Waals surface area contributed by atoms with Gasteiger partial charge >= 0.3 is 5.97 Å². The lowest BCUT2D eigenvalue weighted by Crippen LogP contribution is -2.39. The summed E-state index contributed by atoms with van der Waals surface area (Å²) in [6.07, 6.45) is 0. The molecule has 26 heavy (non-hydrogen) atoms. The van der Waals surface area contributed by atoms with Gasteiger partial charge in [0.25, 0.3) is 0 Å². The van der Waals surface area contributed by atoms with Crippen LogP contribution in [0.4, 0.5) is 4.39 Å². The Morgan fingerprint density at radius 1 is 1.12 bits per heavy atom. The highest BCUT2D eigenvalue weighted by atomic mass is 35.5. The van der Waals surface area contributed by atoms with Crippen molar-refractivity contribution in [1.82, 2.24) is 4.72 Å². The molecule has 1 atom stereocenters. The van der Waals surface area contributed by atoms with E-state index in [-0.39, 0.29) is 23.9 Å². The molecule has 0 spiro atoms. The normalized spacial score (nSPS) is 12.4. The third-order valence-corrected chi connectivity index (χ3v) is 5.03. The number of rotatable bonds is 8. The fourth-order valence-corrected chi connectivity index (χ4v) is 3.24. The largest absolute Gasteiger partial charge is 0.490 e. The van der Waals surface area contributed by atoms with Gasteiger partial charge in [-0.2, -0.15) is 4.72 Å². The molecule has 0 fully saturated rings. The first-order valence-corrected chi connectivity index (χ1v) is 9.47. The molecule has 0 bridgehead atoms. The summed E-state index contributed by atoms with van der Waals surface area (Å²) in [7, 11) is -3.88. The standard InChI is InChI=1S/C17H17ClFNO5S/c1-12(20-26(22,23)16-8-2-13(18)3-9-16)17(21)25-11-10-24-15-6-4-14(19)5-7-15/h2-9,12,20H,10-11H2,1H3/t12-/m0/s1. The summed E-state index contributed by atoms with van der Waals surface area (Å²) in [6.45, 7) is 1.34. The van der Waals surface area contributed by atoms with E-state index in [2.05, 4.69) is 4.72 Å². The molecule has 0 saturated carbocycles. The molecule has 9 heteroatoms. The average Bonchev–Trinajstić information content (AvgIpc) is 2.60. The number of benzene rings is 2. The van der Waals surface area contributed by atoms with Crippen molar-refractivity contribution in [3.63, 3.8) is 0 Å². The molecule has 0 aromatic heterocycles. The fourth-order valence-electron chi connectivity index (χ4n) is 1.92. The van der Waals surface area contributed by atoms with E-state index in [1.807, 2.05) is 0 Å². The van der Waals surface area contributed by atoms with Gasteiger partial charge in [0.05, 0.1) is 4.90 Å². The second kappa shape index (κ2) is 8.98. The van der Waals surface area contributed by atoms with E-state index >= 15 is 0 Å². The van der Waals surface area contributed by atoms with Gasteiger partial charge in [-0.15, -0.1) is 0 Å². The summed E-state index contributed by atoms with van der Waals surface area (Å²) in [6, 6.07) is 9.83. The predicted molar refractivity (Wildman–Crippen MR) is 94.1 cm³/mol. The average molecular weight is 402 g/mol. The molecule has 140 valence electrons. The van der Waals surface area contributed by atoms with E-state index in [0.29, 0.717) is 10.8 Å². The van der Waals surface area contributed by atoms with Gasteiger partial charge in [-0.05, 0) is 55.5 Å². The fraction of sp³-hybridized carbons (Fsp3) is 0.235. The Hall–Kier alpha value is -2.16. The minimum absolute atomic E-state index is 0.0128. The Morgan fingerprint density at radius 2 is 1.73 bits per heavy atom. The first-order valence-electron chi connectivity index (χ1n) is 7.61. The van der Waals surface area contributed by atoms with Gasteiger partial charge in [-0.1, -0.05) is 11.6 Å². The van der Waals surface area contributed by atoms with Crippen LogP contribution in [0.3, 0.4) is 0 Å². The number of halogens is 2. The molecule has 0 radical (unpaired) electrons. The molecular formula is C17H17ClFNO5S. The van der Waals surface area contributed by atoms with Crippen LogP contribution in [0, 0.1) is 5.82 Å². The molecule has 2 aromatic rings. The Bertz CT molecular complexity index is 840. The number of sulfonamides is 1. The zero-order chi connectivity index (χ0) is 19.2. The Morgan fingerprint density at radius 3 is 2.35 bits per heavy atom. The van der Waals surface area contributed by atoms with Gasteiger partial charge in [0.15, 0.2) is 0 Å². The monoisotopic (exact) mass is 401 g/mol. The summed E-state index contributed by atoms with van der Waals surface area (Å²) >= 11 is 5.72. The van der Waals surface area contributed by atoms with Crippen molar-refractivity contribution in [1.29, 1.82) is 0 Å². The van der Waals surface area contributed by atoms with Crippen molar-refractivity contribution in [2.24, 2.45) is 0 Å². The third-order valence-electron chi connectivity index (χ3n) is 3.22. The number of nitrogens with one attached hydrogen (secondary N) is 1. The van der Waals surface area contributed by atoms with Crippen LogP contribution in [-0.4, -0.2) is 33.6 Å². The summed E-state index contributed by atoms with van der Waals surface area (Å²) < 4.78 is 49.6. The zero-order valence-corrected chi connectivity index (χ0v) is 15.4. The molecule has 0 saturated heterocycles. The van der Waals surface area contributed by atoms with Crippen LogP contribution in [-0.2, 0) is 19.6 Å². The predicted octanol–water partition coefficient (Wildman–Crippen LogP) is 2.77. The molecule has 2 aromatic carbocycles. The van der Waals surface area contributed by atoms with Crippen molar-refractivity contribution in [3.05, 3.63) is 59.4 Å². The highest BCUT2D eigenvalue weighted by molar-refractivity contribution is 7.89. The Labute approximate surface area is 155 Å². The van der Waals surface area contributed by atoms with Crippen molar-refractivity contribution < 1.29 is 27.1 Å². The van der Waals surface area contributed by atoms with E-state index < -0.39 is 22.0 Å². The SMILES string of the molecule is C[C@H](NS(=O)(=O)c1ccc(Cl)cc1)C(=O)OCCOc1ccc(F)cc1. The number of ether oxygens (including phenoxy) is 2. The van der Waals surface area contributed by atoms with Crippen LogP contribution in [0.2, 0.25) is 5.02 Å². The zero-order valence-electron chi connectivity index (χ0n) is 13.8. The highest BCUT2D eigenvalue weighted by Crippen LogP contribution is 2.14. The number of hydrogen-bond donors (Lipinski definition) is 1. The summed E-state index contributed by atoms with van der Waals surface area (Å²) in [5.74, 6) is -0.699. The maximum atomic E-state index is 12.8. The molecular weight excluding hydrogens is 385 g/mol. The van der Waals surface area contributed by atoms with Crippen molar-refractivity contribution in [2.45, 2.75) is 17.9 Å². The van der Waals surface area contributed by atoms with Crippen LogP contribution >= 0.6 is 11.6 Å². The number of esters is 1. The number of hydrogen-bond acceptors (Lipinski definition) is 5. The first-order chi connectivity index (χ1) is 12.3. The minimum atomic E-state index is -3.88. The number of carbonyl (C=O) groups excluding carboxylic acids is 1. The van der Waals surface area contributed by atoms with Crippen LogP contribution < -0.4 is 9.46 Å². The van der Waals surface area contributed by atoms with Crippen LogP contribution in [0.5, 0.6) is 5.75 Å². The van der Waals surface area contributed by atoms with Crippen molar-refractivity contribution in [2.75, 3.05) is 13.2 Å². The topological polar surface area (TPSA) is 81.7 Å². The second-order valence-electron chi connectivity index (χ2n) is 5.27. The molecule has 0 aliphatic heterocycles. The van der Waals surface area contributed by atoms with Crippen LogP contribution in [0.15, 0.2) is 53.4 Å². The lowest BCUT2D eigenvalue weighted by Gasteiger charge is -2.14. The van der Waals surface area contributed by atoms with E-state index in [1.54, 1.807) is 0 Å². The third kappa shape index (κ3) is 5.98. The molecule has 0 amide bonds. The molecule has 0 aliphatic carbocycles. The molecule has 1 N–H and O–H groups in total. The van der Waals surface area contributed by atoms with Crippen molar-refractivity contribution in [3.8, 4) is 5.75 Å². The van der Waals surface area contributed by atoms with E-state index in [4.69, 9.17) is 21.1 Å².